The average molecular weight is 166 g/mol. The minimum atomic E-state index is -0.490. The van der Waals surface area contributed by atoms with Gasteiger partial charge in [0.05, 0.1) is 17.6 Å². The molecule has 2 N–H and O–H groups in total. The molecule has 0 aliphatic rings. The predicted molar refractivity (Wildman–Crippen MR) is 43.7 cm³/mol. The maximum Gasteiger partial charge on any atom is 0.143 e. The van der Waals surface area contributed by atoms with Crippen molar-refractivity contribution in [3.8, 4) is 0 Å². The molecule has 0 amide bonds. The van der Waals surface area contributed by atoms with Gasteiger partial charge in [-0.3, -0.25) is 9.78 Å². The summed E-state index contributed by atoms with van der Waals surface area (Å²) in [5.41, 5.74) is 6.00. The first-order valence-electron chi connectivity index (χ1n) is 3.27. The fourth-order valence-electron chi connectivity index (χ4n) is 0.735. The summed E-state index contributed by atoms with van der Waals surface area (Å²) in [7, 11) is 0. The van der Waals surface area contributed by atoms with Gasteiger partial charge in [-0.05, 0) is 12.2 Å². The summed E-state index contributed by atoms with van der Waals surface area (Å²) in [6, 6.07) is 1.15. The highest BCUT2D eigenvalue weighted by molar-refractivity contribution is 5.75. The Morgan fingerprint density at radius 3 is 2.92 bits per heavy atom. The van der Waals surface area contributed by atoms with Crippen LogP contribution in [0.4, 0.5) is 10.1 Å². The van der Waals surface area contributed by atoms with Crippen molar-refractivity contribution >= 4 is 18.0 Å². The number of anilines is 1. The number of allylic oxidation sites excluding steroid dienone is 1. The lowest BCUT2D eigenvalue weighted by molar-refractivity contribution is -0.104. The predicted octanol–water partition coefficient (Wildman–Crippen LogP) is 1.02. The van der Waals surface area contributed by atoms with Gasteiger partial charge < -0.3 is 5.73 Å². The molecule has 0 atom stereocenters. The summed E-state index contributed by atoms with van der Waals surface area (Å²) in [5.74, 6) is -0.490. The highest BCUT2D eigenvalue weighted by Crippen LogP contribution is 2.10. The van der Waals surface area contributed by atoms with Crippen molar-refractivity contribution in [3.05, 3.63) is 29.9 Å². The third kappa shape index (κ3) is 1.88. The zero-order valence-electron chi connectivity index (χ0n) is 6.20. The van der Waals surface area contributed by atoms with Crippen LogP contribution in [0.2, 0.25) is 0 Å². The molecule has 3 nitrogen and oxygen atoms in total. The first kappa shape index (κ1) is 8.39. The van der Waals surface area contributed by atoms with E-state index in [-0.39, 0.29) is 5.69 Å². The smallest absolute Gasteiger partial charge is 0.143 e. The Balaban J connectivity index is 3.01. The zero-order valence-corrected chi connectivity index (χ0v) is 6.20. The lowest BCUT2D eigenvalue weighted by Gasteiger charge is -1.97. The molecule has 0 spiro atoms. The second-order valence-corrected chi connectivity index (χ2v) is 2.12. The number of carbonyl (C=O) groups excluding carboxylic acids is 1. The largest absolute Gasteiger partial charge is 0.397 e. The Morgan fingerprint density at radius 1 is 1.58 bits per heavy atom. The normalized spacial score (nSPS) is 10.4. The fourth-order valence-corrected chi connectivity index (χ4v) is 0.735. The third-order valence-corrected chi connectivity index (χ3v) is 1.25. The van der Waals surface area contributed by atoms with Crippen LogP contribution in [-0.4, -0.2) is 11.3 Å². The molecule has 0 bridgehead atoms. The number of pyridine rings is 1. The second-order valence-electron chi connectivity index (χ2n) is 2.12. The SMILES string of the molecule is Nc1cc(F)cnc1C=CC=O. The van der Waals surface area contributed by atoms with Crippen LogP contribution in [0.3, 0.4) is 0 Å². The van der Waals surface area contributed by atoms with Gasteiger partial charge in [-0.2, -0.15) is 0 Å². The van der Waals surface area contributed by atoms with Crippen molar-refractivity contribution in [1.82, 2.24) is 4.98 Å². The summed E-state index contributed by atoms with van der Waals surface area (Å²) >= 11 is 0. The lowest BCUT2D eigenvalue weighted by Crippen LogP contribution is -1.93. The summed E-state index contributed by atoms with van der Waals surface area (Å²) in [6.45, 7) is 0. The standard InChI is InChI=1S/C8H7FN2O/c9-6-4-7(10)8(11-5-6)2-1-3-12/h1-5H,10H2. The molecule has 0 aromatic carbocycles. The first-order valence-corrected chi connectivity index (χ1v) is 3.27. The van der Waals surface area contributed by atoms with E-state index in [2.05, 4.69) is 4.98 Å². The topological polar surface area (TPSA) is 56.0 Å². The summed E-state index contributed by atoms with van der Waals surface area (Å²) in [4.78, 5) is 13.6. The molecule has 4 heteroatoms. The van der Waals surface area contributed by atoms with E-state index in [0.29, 0.717) is 12.0 Å². The van der Waals surface area contributed by atoms with Crippen molar-refractivity contribution in [2.24, 2.45) is 0 Å². The number of carbonyl (C=O) groups is 1. The van der Waals surface area contributed by atoms with Crippen LogP contribution in [0.25, 0.3) is 6.08 Å². The number of aromatic nitrogens is 1. The highest BCUT2D eigenvalue weighted by atomic mass is 19.1. The van der Waals surface area contributed by atoms with E-state index in [0.717, 1.165) is 12.3 Å². The maximum absolute atomic E-state index is 12.4. The number of hydrogen-bond donors (Lipinski definition) is 1. The van der Waals surface area contributed by atoms with Crippen molar-refractivity contribution < 1.29 is 9.18 Å². The Bertz CT molecular complexity index is 323. The van der Waals surface area contributed by atoms with Crippen molar-refractivity contribution in [1.29, 1.82) is 0 Å². The van der Waals surface area contributed by atoms with Crippen LogP contribution in [0.15, 0.2) is 18.3 Å². The molecule has 0 saturated heterocycles. The van der Waals surface area contributed by atoms with E-state index in [9.17, 15) is 9.18 Å². The van der Waals surface area contributed by atoms with Crippen LogP contribution in [0.1, 0.15) is 5.69 Å². The van der Waals surface area contributed by atoms with E-state index in [1.54, 1.807) is 0 Å². The molecule has 1 aromatic heterocycles. The van der Waals surface area contributed by atoms with Gasteiger partial charge >= 0.3 is 0 Å². The quantitative estimate of drug-likeness (QED) is 0.527. The minimum Gasteiger partial charge on any atom is -0.397 e. The number of halogens is 1. The van der Waals surface area contributed by atoms with Gasteiger partial charge in [0.2, 0.25) is 0 Å². The molecule has 0 aliphatic carbocycles. The highest BCUT2D eigenvalue weighted by Gasteiger charge is 1.97. The molecule has 1 rings (SSSR count). The molecule has 0 aliphatic heterocycles. The number of nitrogens with two attached hydrogens (primary N) is 1. The van der Waals surface area contributed by atoms with E-state index >= 15 is 0 Å². The van der Waals surface area contributed by atoms with Crippen LogP contribution in [0.5, 0.6) is 0 Å². The molecule has 0 fully saturated rings. The molecule has 0 saturated carbocycles. The third-order valence-electron chi connectivity index (χ3n) is 1.25. The van der Waals surface area contributed by atoms with E-state index in [1.165, 1.54) is 12.2 Å². The molecule has 0 radical (unpaired) electrons. The van der Waals surface area contributed by atoms with Crippen molar-refractivity contribution in [2.45, 2.75) is 0 Å². The van der Waals surface area contributed by atoms with Gasteiger partial charge in [-0.1, -0.05) is 0 Å². The van der Waals surface area contributed by atoms with E-state index in [1.807, 2.05) is 0 Å². The van der Waals surface area contributed by atoms with Crippen molar-refractivity contribution in [2.75, 3.05) is 5.73 Å². The number of hydrogen-bond acceptors (Lipinski definition) is 3. The Morgan fingerprint density at radius 2 is 2.33 bits per heavy atom. The summed E-state index contributed by atoms with van der Waals surface area (Å²) in [6.07, 6.45) is 4.31. The van der Waals surface area contributed by atoms with E-state index in [4.69, 9.17) is 5.73 Å². The molecule has 62 valence electrons. The Hall–Kier alpha value is -1.71. The van der Waals surface area contributed by atoms with Gasteiger partial charge in [-0.15, -0.1) is 0 Å². The van der Waals surface area contributed by atoms with Gasteiger partial charge in [0.25, 0.3) is 0 Å². The first-order chi connectivity index (χ1) is 5.74. The maximum atomic E-state index is 12.4. The number of aldehydes is 1. The fraction of sp³-hybridized carbons (Fsp3) is 0. The Kier molecular flexibility index (Phi) is 2.53. The van der Waals surface area contributed by atoms with Gasteiger partial charge in [0, 0.05) is 6.07 Å². The van der Waals surface area contributed by atoms with Crippen LogP contribution in [0, 0.1) is 5.82 Å². The monoisotopic (exact) mass is 166 g/mol. The number of nitrogens with zero attached hydrogens (tertiary/aromatic N) is 1. The minimum absolute atomic E-state index is 0.216. The number of nitrogen functional groups attached to an aromatic ring is 1. The molecule has 1 aromatic rings. The van der Waals surface area contributed by atoms with Crippen LogP contribution in [-0.2, 0) is 4.79 Å². The second kappa shape index (κ2) is 3.61. The zero-order chi connectivity index (χ0) is 8.97. The van der Waals surface area contributed by atoms with E-state index < -0.39 is 5.82 Å². The van der Waals surface area contributed by atoms with Crippen LogP contribution >= 0.6 is 0 Å². The van der Waals surface area contributed by atoms with Gasteiger partial charge in [0.1, 0.15) is 12.1 Å². The van der Waals surface area contributed by atoms with Gasteiger partial charge in [-0.25, -0.2) is 4.39 Å². The summed E-state index contributed by atoms with van der Waals surface area (Å²) in [5, 5.41) is 0. The van der Waals surface area contributed by atoms with Crippen LogP contribution < -0.4 is 5.73 Å². The average Bonchev–Trinajstić information content (AvgIpc) is 2.03. The molecular weight excluding hydrogens is 159 g/mol. The van der Waals surface area contributed by atoms with Crippen molar-refractivity contribution in [3.63, 3.8) is 0 Å². The lowest BCUT2D eigenvalue weighted by atomic mass is 10.3. The number of rotatable bonds is 2. The Labute approximate surface area is 68.7 Å². The molecule has 0 unspecified atom stereocenters. The molecule has 1 heterocycles. The molecule has 12 heavy (non-hydrogen) atoms. The van der Waals surface area contributed by atoms with Gasteiger partial charge in [0.15, 0.2) is 0 Å². The molecular formula is C8H7FN2O. The summed E-state index contributed by atoms with van der Waals surface area (Å²) < 4.78 is 12.4.